The zero-order valence-corrected chi connectivity index (χ0v) is 23.0. The van der Waals surface area contributed by atoms with Gasteiger partial charge in [0.25, 0.3) is 0 Å². The summed E-state index contributed by atoms with van der Waals surface area (Å²) < 4.78 is 10.8. The fourth-order valence-corrected chi connectivity index (χ4v) is 9.64. The van der Waals surface area contributed by atoms with Gasteiger partial charge < -0.3 is 9.47 Å². The summed E-state index contributed by atoms with van der Waals surface area (Å²) in [5.41, 5.74) is 1.28. The van der Waals surface area contributed by atoms with Crippen LogP contribution in [0.2, 0.25) is 0 Å². The van der Waals surface area contributed by atoms with Crippen molar-refractivity contribution in [3.8, 4) is 5.75 Å². The molecule has 2 nitrogen and oxygen atoms in total. The molecule has 0 amide bonds. The van der Waals surface area contributed by atoms with E-state index < -0.39 is 7.26 Å². The highest BCUT2D eigenvalue weighted by Crippen LogP contribution is 2.56. The smallest absolute Gasteiger partial charge is 0.188 e. The van der Waals surface area contributed by atoms with Gasteiger partial charge in [-0.15, -0.1) is 0 Å². The van der Waals surface area contributed by atoms with Gasteiger partial charge in [-0.2, -0.15) is 0 Å². The Hall–Kier alpha value is -2.93. The van der Waals surface area contributed by atoms with Crippen molar-refractivity contribution in [2.24, 2.45) is 0 Å². The molecule has 0 N–H and O–H groups in total. The second kappa shape index (κ2) is 14.7. The van der Waals surface area contributed by atoms with E-state index in [4.69, 9.17) is 9.47 Å². The van der Waals surface area contributed by atoms with Crippen molar-refractivity contribution in [2.75, 3.05) is 20.1 Å². The number of hydrogen-bond donors (Lipinski definition) is 0. The van der Waals surface area contributed by atoms with E-state index in [2.05, 4.69) is 103 Å². The van der Waals surface area contributed by atoms with Gasteiger partial charge in [-0.3, -0.25) is 0 Å². The lowest BCUT2D eigenvalue weighted by Gasteiger charge is -2.27. The zero-order valence-electron chi connectivity index (χ0n) is 22.1. The molecule has 0 radical (unpaired) electrons. The van der Waals surface area contributed by atoms with Crippen LogP contribution in [0.4, 0.5) is 0 Å². The average Bonchev–Trinajstić information content (AvgIpc) is 2.97. The molecule has 0 aliphatic carbocycles. The molecule has 0 spiro atoms. The van der Waals surface area contributed by atoms with Crippen molar-refractivity contribution in [2.45, 2.75) is 44.9 Å². The second-order valence-corrected chi connectivity index (χ2v) is 13.2. The summed E-state index contributed by atoms with van der Waals surface area (Å²) in [5, 5.41) is 4.46. The number of methoxy groups -OCH3 is 1. The first-order valence-corrected chi connectivity index (χ1v) is 15.6. The molecule has 192 valence electrons. The molecule has 4 aromatic carbocycles. The summed E-state index contributed by atoms with van der Waals surface area (Å²) >= 11 is 0. The summed E-state index contributed by atoms with van der Waals surface area (Å²) in [6.45, 7) is 0.302. The summed E-state index contributed by atoms with van der Waals surface area (Å²) in [7, 11) is -0.0329. The molecule has 37 heavy (non-hydrogen) atoms. The molecular weight excluding hydrogens is 471 g/mol. The molecule has 4 aromatic rings. The minimum absolute atomic E-state index is 0.302. The molecule has 0 aliphatic heterocycles. The molecule has 0 saturated heterocycles. The Morgan fingerprint density at radius 3 is 1.51 bits per heavy atom. The van der Waals surface area contributed by atoms with Crippen LogP contribution in [0.15, 0.2) is 115 Å². The zero-order chi connectivity index (χ0) is 25.6. The third-order valence-electron chi connectivity index (χ3n) is 7.09. The van der Waals surface area contributed by atoms with Crippen LogP contribution in [0.1, 0.15) is 44.1 Å². The minimum Gasteiger partial charge on any atom is -0.467 e. The Balaban J connectivity index is 1.35. The monoisotopic (exact) mass is 511 g/mol. The van der Waals surface area contributed by atoms with Crippen LogP contribution in [-0.4, -0.2) is 20.1 Å². The Kier molecular flexibility index (Phi) is 10.8. The van der Waals surface area contributed by atoms with E-state index in [9.17, 15) is 0 Å². The molecule has 0 bridgehead atoms. The standard InChI is InChI=1S/C34H40O2P/c1-35-29-36-34-27-17-16-20-30(34)19-9-4-2-3-5-18-28-37(31-21-10-6-11-22-31,32-23-12-7-13-24-32)33-25-14-8-15-26-33/h6-8,10-17,20-27H,2-5,9,18-19,28-29H2,1H3/q+1. The molecule has 0 aliphatic rings. The van der Waals surface area contributed by atoms with Crippen molar-refractivity contribution < 1.29 is 9.47 Å². The topological polar surface area (TPSA) is 18.5 Å². The lowest BCUT2D eigenvalue weighted by atomic mass is 10.0. The summed E-state index contributed by atoms with van der Waals surface area (Å²) in [6, 6.07) is 42.0. The number of rotatable bonds is 15. The molecule has 0 heterocycles. The number of hydrogen-bond acceptors (Lipinski definition) is 2. The molecule has 3 heteroatoms. The van der Waals surface area contributed by atoms with Crippen LogP contribution in [0.25, 0.3) is 0 Å². The van der Waals surface area contributed by atoms with Crippen LogP contribution in [0, 0.1) is 0 Å². The maximum Gasteiger partial charge on any atom is 0.188 e. The van der Waals surface area contributed by atoms with Crippen molar-refractivity contribution in [3.05, 3.63) is 121 Å². The third-order valence-corrected chi connectivity index (χ3v) is 11.6. The van der Waals surface area contributed by atoms with E-state index in [0.29, 0.717) is 6.79 Å². The minimum atomic E-state index is -1.69. The molecular formula is C34H40O2P+. The van der Waals surface area contributed by atoms with Crippen LogP contribution < -0.4 is 20.7 Å². The predicted octanol–water partition coefficient (Wildman–Crippen LogP) is 7.55. The number of benzene rings is 4. The molecule has 0 aromatic heterocycles. The largest absolute Gasteiger partial charge is 0.467 e. The predicted molar refractivity (Wildman–Crippen MR) is 160 cm³/mol. The normalized spacial score (nSPS) is 11.4. The lowest BCUT2D eigenvalue weighted by molar-refractivity contribution is 0.0504. The number of unbranched alkanes of at least 4 members (excludes halogenated alkanes) is 5. The van der Waals surface area contributed by atoms with E-state index in [1.807, 2.05) is 12.1 Å². The van der Waals surface area contributed by atoms with E-state index in [1.54, 1.807) is 7.11 Å². The van der Waals surface area contributed by atoms with Crippen LogP contribution in [-0.2, 0) is 11.2 Å². The van der Waals surface area contributed by atoms with E-state index in [0.717, 1.165) is 12.2 Å². The maximum absolute atomic E-state index is 5.72. The Morgan fingerprint density at radius 1 is 0.514 bits per heavy atom. The van der Waals surface area contributed by atoms with Gasteiger partial charge in [0.15, 0.2) is 6.79 Å². The van der Waals surface area contributed by atoms with Gasteiger partial charge in [0, 0.05) is 7.11 Å². The van der Waals surface area contributed by atoms with Gasteiger partial charge in [-0.05, 0) is 73.7 Å². The van der Waals surface area contributed by atoms with Gasteiger partial charge in [-0.1, -0.05) is 92.1 Å². The Morgan fingerprint density at radius 2 is 0.973 bits per heavy atom. The molecule has 0 unspecified atom stereocenters. The highest BCUT2D eigenvalue weighted by molar-refractivity contribution is 7.95. The molecule has 0 fully saturated rings. The molecule has 4 rings (SSSR count). The SMILES string of the molecule is COCOc1ccccc1CCCCCCCC[P+](c1ccccc1)(c1ccccc1)c1ccccc1. The van der Waals surface area contributed by atoms with Gasteiger partial charge >= 0.3 is 0 Å². The first kappa shape index (κ1) is 27.1. The van der Waals surface area contributed by atoms with E-state index >= 15 is 0 Å². The highest BCUT2D eigenvalue weighted by atomic mass is 31.2. The number of aryl methyl sites for hydroxylation is 1. The van der Waals surface area contributed by atoms with Crippen LogP contribution in [0.3, 0.4) is 0 Å². The van der Waals surface area contributed by atoms with Crippen molar-refractivity contribution >= 4 is 23.2 Å². The van der Waals surface area contributed by atoms with E-state index in [-0.39, 0.29) is 0 Å². The Bertz CT molecular complexity index is 1070. The number of para-hydroxylation sites is 1. The quantitative estimate of drug-likeness (QED) is 0.0932. The van der Waals surface area contributed by atoms with E-state index in [1.165, 1.54) is 66.2 Å². The van der Waals surface area contributed by atoms with Gasteiger partial charge in [0.1, 0.15) is 28.9 Å². The third kappa shape index (κ3) is 7.31. The summed E-state index contributed by atoms with van der Waals surface area (Å²) in [4.78, 5) is 0. The van der Waals surface area contributed by atoms with Gasteiger partial charge in [0.05, 0.1) is 6.16 Å². The Labute approximate surface area is 224 Å². The average molecular weight is 512 g/mol. The van der Waals surface area contributed by atoms with Crippen molar-refractivity contribution in [1.29, 1.82) is 0 Å². The lowest BCUT2D eigenvalue weighted by Crippen LogP contribution is -2.33. The summed E-state index contributed by atoms with van der Waals surface area (Å²) in [5.74, 6) is 0.951. The van der Waals surface area contributed by atoms with Gasteiger partial charge in [-0.25, -0.2) is 0 Å². The fourth-order valence-electron chi connectivity index (χ4n) is 5.23. The molecule has 0 atom stereocenters. The summed E-state index contributed by atoms with van der Waals surface area (Å²) in [6.07, 6.45) is 9.84. The first-order chi connectivity index (χ1) is 18.3. The number of ether oxygens (including phenoxy) is 2. The highest BCUT2D eigenvalue weighted by Gasteiger charge is 2.44. The van der Waals surface area contributed by atoms with Crippen molar-refractivity contribution in [3.63, 3.8) is 0 Å². The maximum atomic E-state index is 5.72. The van der Waals surface area contributed by atoms with Crippen LogP contribution in [0.5, 0.6) is 5.75 Å². The van der Waals surface area contributed by atoms with Crippen molar-refractivity contribution in [1.82, 2.24) is 0 Å². The molecule has 0 saturated carbocycles. The van der Waals surface area contributed by atoms with Crippen LogP contribution >= 0.6 is 7.26 Å². The fraction of sp³-hybridized carbons (Fsp3) is 0.294. The second-order valence-electron chi connectivity index (χ2n) is 9.57. The van der Waals surface area contributed by atoms with Gasteiger partial charge in [0.2, 0.25) is 0 Å². The first-order valence-electron chi connectivity index (χ1n) is 13.6.